The predicted octanol–water partition coefficient (Wildman–Crippen LogP) is 1.97. The largest absolute Gasteiger partial charge is 0.341 e. The number of pyridine rings is 1. The highest BCUT2D eigenvalue weighted by molar-refractivity contribution is 9.10. The van der Waals surface area contributed by atoms with E-state index < -0.39 is 6.04 Å². The molecule has 0 radical (unpaired) electrons. The minimum Gasteiger partial charge on any atom is -0.341 e. The second kappa shape index (κ2) is 6.83. The highest BCUT2D eigenvalue weighted by Gasteiger charge is 2.23. The van der Waals surface area contributed by atoms with Gasteiger partial charge in [-0.25, -0.2) is 4.98 Å². The molecule has 2 heterocycles. The van der Waals surface area contributed by atoms with Gasteiger partial charge in [-0.15, -0.1) is 0 Å². The van der Waals surface area contributed by atoms with Crippen LogP contribution >= 0.6 is 15.9 Å². The molecule has 20 heavy (non-hydrogen) atoms. The lowest BCUT2D eigenvalue weighted by atomic mass is 10.1. The summed E-state index contributed by atoms with van der Waals surface area (Å²) in [5.41, 5.74) is 0.303. The molecule has 0 aromatic carbocycles. The third-order valence-corrected chi connectivity index (χ3v) is 3.78. The number of nitrogens with zero attached hydrogens (tertiary/aromatic N) is 2. The van der Waals surface area contributed by atoms with Gasteiger partial charge in [-0.2, -0.15) is 0 Å². The molecule has 1 saturated heterocycles. The molecule has 0 saturated carbocycles. The lowest BCUT2D eigenvalue weighted by Crippen LogP contribution is -2.48. The van der Waals surface area contributed by atoms with Crippen molar-refractivity contribution in [3.8, 4) is 0 Å². The van der Waals surface area contributed by atoms with Crippen LogP contribution in [0.2, 0.25) is 0 Å². The van der Waals surface area contributed by atoms with Gasteiger partial charge in [0.1, 0.15) is 16.3 Å². The molecule has 1 aromatic rings. The highest BCUT2D eigenvalue weighted by atomic mass is 79.9. The maximum absolute atomic E-state index is 12.2. The monoisotopic (exact) mass is 339 g/mol. The highest BCUT2D eigenvalue weighted by Crippen LogP contribution is 2.10. The van der Waals surface area contributed by atoms with E-state index in [0.717, 1.165) is 25.9 Å². The molecule has 1 fully saturated rings. The molecule has 108 valence electrons. The number of rotatable bonds is 3. The van der Waals surface area contributed by atoms with Crippen LogP contribution < -0.4 is 5.32 Å². The van der Waals surface area contributed by atoms with Gasteiger partial charge < -0.3 is 10.2 Å². The lowest BCUT2D eigenvalue weighted by Gasteiger charge is -2.29. The molecule has 0 bridgehead atoms. The Hall–Kier alpha value is -1.43. The first-order valence-electron chi connectivity index (χ1n) is 6.80. The SMILES string of the molecule is CC(NC(=O)c1cccc(Br)n1)C(=O)N1CCCCC1. The van der Waals surface area contributed by atoms with Gasteiger partial charge in [-0.05, 0) is 54.2 Å². The Labute approximate surface area is 126 Å². The molecule has 1 aliphatic rings. The summed E-state index contributed by atoms with van der Waals surface area (Å²) in [6, 6.07) is 4.59. The van der Waals surface area contributed by atoms with Gasteiger partial charge in [0.25, 0.3) is 5.91 Å². The Morgan fingerprint density at radius 3 is 2.65 bits per heavy atom. The van der Waals surface area contributed by atoms with Crippen molar-refractivity contribution in [2.24, 2.45) is 0 Å². The zero-order chi connectivity index (χ0) is 14.5. The Kier molecular flexibility index (Phi) is 5.11. The van der Waals surface area contributed by atoms with Crippen LogP contribution in [0.4, 0.5) is 0 Å². The van der Waals surface area contributed by atoms with Crippen molar-refractivity contribution in [3.05, 3.63) is 28.5 Å². The molecule has 1 aliphatic heterocycles. The second-order valence-corrected chi connectivity index (χ2v) is 5.74. The minimum atomic E-state index is -0.526. The first kappa shape index (κ1) is 15.0. The fourth-order valence-electron chi connectivity index (χ4n) is 2.26. The number of hydrogen-bond donors (Lipinski definition) is 1. The average Bonchev–Trinajstić information content (AvgIpc) is 2.47. The molecule has 5 nitrogen and oxygen atoms in total. The summed E-state index contributed by atoms with van der Waals surface area (Å²) in [6.07, 6.45) is 3.26. The first-order chi connectivity index (χ1) is 9.58. The zero-order valence-electron chi connectivity index (χ0n) is 11.4. The summed E-state index contributed by atoms with van der Waals surface area (Å²) in [5, 5.41) is 2.71. The number of carbonyl (C=O) groups is 2. The van der Waals surface area contributed by atoms with Crippen molar-refractivity contribution >= 4 is 27.7 Å². The Morgan fingerprint density at radius 1 is 1.30 bits per heavy atom. The summed E-state index contributed by atoms with van der Waals surface area (Å²) >= 11 is 3.22. The normalized spacial score (nSPS) is 16.6. The van der Waals surface area contributed by atoms with Crippen LogP contribution in [0, 0.1) is 0 Å². The molecule has 1 N–H and O–H groups in total. The van der Waals surface area contributed by atoms with Crippen LogP contribution in [0.15, 0.2) is 22.8 Å². The van der Waals surface area contributed by atoms with Crippen LogP contribution in [0.3, 0.4) is 0 Å². The van der Waals surface area contributed by atoms with Crippen LogP contribution in [-0.4, -0.2) is 40.8 Å². The standard InChI is InChI=1S/C14H18BrN3O2/c1-10(14(20)18-8-3-2-4-9-18)16-13(19)11-6-5-7-12(15)17-11/h5-7,10H,2-4,8-9H2,1H3,(H,16,19). The van der Waals surface area contributed by atoms with E-state index in [0.29, 0.717) is 10.3 Å². The number of hydrogen-bond acceptors (Lipinski definition) is 3. The van der Waals surface area contributed by atoms with E-state index in [1.54, 1.807) is 25.1 Å². The number of aromatic nitrogens is 1. The lowest BCUT2D eigenvalue weighted by molar-refractivity contribution is -0.133. The van der Waals surface area contributed by atoms with Crippen LogP contribution in [0.25, 0.3) is 0 Å². The summed E-state index contributed by atoms with van der Waals surface area (Å²) in [5.74, 6) is -0.350. The van der Waals surface area contributed by atoms with E-state index in [9.17, 15) is 9.59 Å². The molecular weight excluding hydrogens is 322 g/mol. The molecule has 1 unspecified atom stereocenters. The van der Waals surface area contributed by atoms with E-state index in [2.05, 4.69) is 26.2 Å². The van der Waals surface area contributed by atoms with Gasteiger partial charge in [-0.1, -0.05) is 6.07 Å². The number of nitrogens with one attached hydrogen (secondary N) is 1. The van der Waals surface area contributed by atoms with Gasteiger partial charge in [0.2, 0.25) is 5.91 Å². The Morgan fingerprint density at radius 2 is 2.00 bits per heavy atom. The predicted molar refractivity (Wildman–Crippen MR) is 79.3 cm³/mol. The Bertz CT molecular complexity index is 501. The molecule has 2 amide bonds. The minimum absolute atomic E-state index is 0.0203. The maximum atomic E-state index is 12.2. The van der Waals surface area contributed by atoms with Gasteiger partial charge in [-0.3, -0.25) is 9.59 Å². The molecule has 2 rings (SSSR count). The molecule has 0 aliphatic carbocycles. The Balaban J connectivity index is 1.94. The van der Waals surface area contributed by atoms with E-state index in [-0.39, 0.29) is 11.8 Å². The fraction of sp³-hybridized carbons (Fsp3) is 0.500. The van der Waals surface area contributed by atoms with Crippen molar-refractivity contribution in [1.82, 2.24) is 15.2 Å². The van der Waals surface area contributed by atoms with Crippen molar-refractivity contribution in [3.63, 3.8) is 0 Å². The van der Waals surface area contributed by atoms with Crippen LogP contribution in [0.1, 0.15) is 36.7 Å². The molecule has 0 spiro atoms. The van der Waals surface area contributed by atoms with Crippen molar-refractivity contribution in [2.45, 2.75) is 32.2 Å². The smallest absolute Gasteiger partial charge is 0.270 e. The number of halogens is 1. The van der Waals surface area contributed by atoms with E-state index in [4.69, 9.17) is 0 Å². The van der Waals surface area contributed by atoms with E-state index in [1.807, 2.05) is 4.90 Å². The second-order valence-electron chi connectivity index (χ2n) is 4.93. The molecular formula is C14H18BrN3O2. The number of carbonyl (C=O) groups excluding carboxylic acids is 2. The molecule has 1 aromatic heterocycles. The fourth-order valence-corrected chi connectivity index (χ4v) is 2.60. The maximum Gasteiger partial charge on any atom is 0.270 e. The van der Waals surface area contributed by atoms with Crippen LogP contribution in [-0.2, 0) is 4.79 Å². The third-order valence-electron chi connectivity index (χ3n) is 3.33. The summed E-state index contributed by atoms with van der Waals surface area (Å²) in [6.45, 7) is 3.29. The quantitative estimate of drug-likeness (QED) is 0.856. The topological polar surface area (TPSA) is 62.3 Å². The van der Waals surface area contributed by atoms with Gasteiger partial charge >= 0.3 is 0 Å². The van der Waals surface area contributed by atoms with Crippen molar-refractivity contribution in [1.29, 1.82) is 0 Å². The number of piperidine rings is 1. The van der Waals surface area contributed by atoms with Gasteiger partial charge in [0.15, 0.2) is 0 Å². The van der Waals surface area contributed by atoms with Gasteiger partial charge in [0, 0.05) is 13.1 Å². The van der Waals surface area contributed by atoms with Crippen molar-refractivity contribution in [2.75, 3.05) is 13.1 Å². The van der Waals surface area contributed by atoms with E-state index in [1.165, 1.54) is 6.42 Å². The number of likely N-dealkylation sites (tertiary alicyclic amines) is 1. The third kappa shape index (κ3) is 3.79. The zero-order valence-corrected chi connectivity index (χ0v) is 13.0. The average molecular weight is 340 g/mol. The molecule has 1 atom stereocenters. The van der Waals surface area contributed by atoms with Crippen LogP contribution in [0.5, 0.6) is 0 Å². The van der Waals surface area contributed by atoms with E-state index >= 15 is 0 Å². The van der Waals surface area contributed by atoms with Gasteiger partial charge in [0.05, 0.1) is 0 Å². The summed E-state index contributed by atoms with van der Waals surface area (Å²) in [7, 11) is 0. The first-order valence-corrected chi connectivity index (χ1v) is 7.59. The number of amides is 2. The van der Waals surface area contributed by atoms with Crippen molar-refractivity contribution < 1.29 is 9.59 Å². The summed E-state index contributed by atoms with van der Waals surface area (Å²) in [4.78, 5) is 30.1. The summed E-state index contributed by atoms with van der Waals surface area (Å²) < 4.78 is 0.597. The molecule has 6 heteroatoms.